The fraction of sp³-hybridized carbons (Fsp3) is 0.920. The minimum absolute atomic E-state index is 0.0211. The van der Waals surface area contributed by atoms with Crippen LogP contribution in [0.3, 0.4) is 0 Å². The van der Waals surface area contributed by atoms with E-state index in [9.17, 15) is 19.8 Å². The summed E-state index contributed by atoms with van der Waals surface area (Å²) in [6.07, 6.45) is 9.25. The molecule has 2 bridgehead atoms. The van der Waals surface area contributed by atoms with Gasteiger partial charge in [-0.15, -0.1) is 0 Å². The lowest BCUT2D eigenvalue weighted by molar-refractivity contribution is -0.181. The van der Waals surface area contributed by atoms with Crippen molar-refractivity contribution in [2.24, 2.45) is 39.9 Å². The van der Waals surface area contributed by atoms with Gasteiger partial charge in [-0.05, 0) is 93.3 Å². The van der Waals surface area contributed by atoms with Crippen LogP contribution in [-0.2, 0) is 14.3 Å². The van der Waals surface area contributed by atoms with E-state index in [1.165, 1.54) is 0 Å². The Morgan fingerprint density at radius 1 is 1.10 bits per heavy atom. The molecular weight excluding hydrogens is 380 g/mol. The molecule has 5 nitrogen and oxygen atoms in total. The first-order valence-corrected chi connectivity index (χ1v) is 12.1. The Morgan fingerprint density at radius 2 is 1.83 bits per heavy atom. The van der Waals surface area contributed by atoms with Gasteiger partial charge in [-0.2, -0.15) is 0 Å². The summed E-state index contributed by atoms with van der Waals surface area (Å²) >= 11 is 0. The normalized spacial score (nSPS) is 48.4. The molecule has 4 fully saturated rings. The maximum atomic E-state index is 12.2. The highest BCUT2D eigenvalue weighted by molar-refractivity contribution is 5.75. The summed E-state index contributed by atoms with van der Waals surface area (Å²) in [6.45, 7) is 8.28. The van der Waals surface area contributed by atoms with Gasteiger partial charge in [-0.1, -0.05) is 27.2 Å². The van der Waals surface area contributed by atoms with E-state index in [1.807, 2.05) is 20.8 Å². The average molecular weight is 421 g/mol. The van der Waals surface area contributed by atoms with Crippen molar-refractivity contribution in [3.8, 4) is 0 Å². The molecular formula is C25H40O5. The van der Waals surface area contributed by atoms with Crippen molar-refractivity contribution in [2.45, 2.75) is 97.5 Å². The van der Waals surface area contributed by atoms with Gasteiger partial charge in [0.25, 0.3) is 0 Å². The Morgan fingerprint density at radius 3 is 2.50 bits per heavy atom. The van der Waals surface area contributed by atoms with Crippen LogP contribution in [0, 0.1) is 39.9 Å². The number of carboxylic acids is 1. The number of carbonyl (C=O) groups excluding carboxylic acids is 1. The summed E-state index contributed by atoms with van der Waals surface area (Å²) in [7, 11) is 0. The largest absolute Gasteiger partial charge is 0.481 e. The van der Waals surface area contributed by atoms with Crippen molar-refractivity contribution >= 4 is 11.9 Å². The first-order valence-electron chi connectivity index (χ1n) is 12.1. The van der Waals surface area contributed by atoms with E-state index in [0.29, 0.717) is 12.3 Å². The van der Waals surface area contributed by atoms with E-state index in [4.69, 9.17) is 4.74 Å². The molecule has 1 spiro atoms. The topological polar surface area (TPSA) is 83.8 Å². The van der Waals surface area contributed by atoms with Crippen LogP contribution in [0.5, 0.6) is 0 Å². The number of aliphatic carboxylic acids is 1. The predicted octanol–water partition coefficient (Wildman–Crippen LogP) is 4.80. The molecule has 4 aliphatic carbocycles. The van der Waals surface area contributed by atoms with Crippen LogP contribution in [0.1, 0.15) is 91.9 Å². The summed E-state index contributed by atoms with van der Waals surface area (Å²) in [6, 6.07) is 0. The Hall–Kier alpha value is -1.10. The van der Waals surface area contributed by atoms with Crippen LogP contribution in [0.25, 0.3) is 0 Å². The SMILES string of the molecule is CCC(C)C(=O)OC[C@@]1(O)CC23CC[C@H]4[C@@](C)(CCC[C@@]4(C)C(=O)O)[C@@H]2CC[C@@H]1C3. The lowest BCUT2D eigenvalue weighted by Crippen LogP contribution is -2.58. The van der Waals surface area contributed by atoms with E-state index in [0.717, 1.165) is 57.8 Å². The van der Waals surface area contributed by atoms with Crippen molar-refractivity contribution in [2.75, 3.05) is 6.61 Å². The van der Waals surface area contributed by atoms with Crippen LogP contribution in [-0.4, -0.2) is 34.4 Å². The lowest BCUT2D eigenvalue weighted by Gasteiger charge is -2.63. The molecule has 8 atom stereocenters. The number of ether oxygens (including phenoxy) is 1. The maximum absolute atomic E-state index is 12.2. The van der Waals surface area contributed by atoms with Crippen molar-refractivity contribution in [3.05, 3.63) is 0 Å². The fourth-order valence-electron chi connectivity index (χ4n) is 8.55. The second-order valence-electron chi connectivity index (χ2n) is 11.8. The third-order valence-electron chi connectivity index (χ3n) is 10.3. The number of carboxylic acid groups (broad SMARTS) is 1. The van der Waals surface area contributed by atoms with Crippen LogP contribution in [0.2, 0.25) is 0 Å². The van der Waals surface area contributed by atoms with Crippen LogP contribution in [0.15, 0.2) is 0 Å². The number of hydrogen-bond donors (Lipinski definition) is 2. The van der Waals surface area contributed by atoms with Gasteiger partial charge in [-0.25, -0.2) is 0 Å². The van der Waals surface area contributed by atoms with E-state index >= 15 is 0 Å². The van der Waals surface area contributed by atoms with E-state index < -0.39 is 17.0 Å². The van der Waals surface area contributed by atoms with E-state index in [1.54, 1.807) is 0 Å². The number of aliphatic hydroxyl groups is 1. The third kappa shape index (κ3) is 3.05. The molecule has 0 aromatic rings. The molecule has 0 aromatic carbocycles. The highest BCUT2D eigenvalue weighted by Gasteiger charge is 2.68. The highest BCUT2D eigenvalue weighted by atomic mass is 16.5. The third-order valence-corrected chi connectivity index (χ3v) is 10.3. The van der Waals surface area contributed by atoms with Gasteiger partial charge in [0.1, 0.15) is 12.2 Å². The van der Waals surface area contributed by atoms with Crippen molar-refractivity contribution in [3.63, 3.8) is 0 Å². The van der Waals surface area contributed by atoms with E-state index in [2.05, 4.69) is 6.92 Å². The highest BCUT2D eigenvalue weighted by Crippen LogP contribution is 2.72. The minimum Gasteiger partial charge on any atom is -0.481 e. The number of hydrogen-bond acceptors (Lipinski definition) is 4. The van der Waals surface area contributed by atoms with Crippen molar-refractivity contribution in [1.29, 1.82) is 0 Å². The molecule has 0 heterocycles. The zero-order valence-corrected chi connectivity index (χ0v) is 19.2. The first kappa shape index (κ1) is 22.1. The smallest absolute Gasteiger partial charge is 0.309 e. The molecule has 4 aliphatic rings. The minimum atomic E-state index is -0.925. The number of esters is 1. The quantitative estimate of drug-likeness (QED) is 0.624. The van der Waals surface area contributed by atoms with Crippen molar-refractivity contribution in [1.82, 2.24) is 0 Å². The maximum Gasteiger partial charge on any atom is 0.309 e. The number of carbonyl (C=O) groups is 2. The van der Waals surface area contributed by atoms with E-state index in [-0.39, 0.29) is 41.2 Å². The monoisotopic (exact) mass is 420 g/mol. The second kappa shape index (κ2) is 7.21. The van der Waals surface area contributed by atoms with Gasteiger partial charge >= 0.3 is 11.9 Å². The summed E-state index contributed by atoms with van der Waals surface area (Å²) in [5.41, 5.74) is -1.46. The molecule has 0 amide bonds. The van der Waals surface area contributed by atoms with Gasteiger partial charge < -0.3 is 14.9 Å². The molecule has 4 saturated carbocycles. The summed E-state index contributed by atoms with van der Waals surface area (Å²) in [5.74, 6) is -0.123. The van der Waals surface area contributed by atoms with Crippen LogP contribution in [0.4, 0.5) is 0 Å². The first-order chi connectivity index (χ1) is 14.0. The number of fused-ring (bicyclic) bond motifs is 3. The zero-order valence-electron chi connectivity index (χ0n) is 19.2. The molecule has 4 rings (SSSR count). The molecule has 170 valence electrons. The van der Waals surface area contributed by atoms with Gasteiger partial charge in [0.2, 0.25) is 0 Å². The average Bonchev–Trinajstić information content (AvgIpc) is 2.90. The Kier molecular flexibility index (Phi) is 5.32. The molecule has 30 heavy (non-hydrogen) atoms. The van der Waals surface area contributed by atoms with Crippen molar-refractivity contribution < 1.29 is 24.5 Å². The molecule has 0 saturated heterocycles. The molecule has 5 heteroatoms. The van der Waals surface area contributed by atoms with Gasteiger partial charge in [0, 0.05) is 0 Å². The zero-order chi connectivity index (χ0) is 21.9. The second-order valence-corrected chi connectivity index (χ2v) is 11.8. The van der Waals surface area contributed by atoms with Gasteiger partial charge in [-0.3, -0.25) is 9.59 Å². The van der Waals surface area contributed by atoms with Gasteiger partial charge in [0.05, 0.1) is 11.3 Å². The lowest BCUT2D eigenvalue weighted by atomic mass is 9.41. The van der Waals surface area contributed by atoms with Gasteiger partial charge in [0.15, 0.2) is 0 Å². The summed E-state index contributed by atoms with van der Waals surface area (Å²) < 4.78 is 5.60. The molecule has 2 unspecified atom stereocenters. The molecule has 0 radical (unpaired) electrons. The Balaban J connectivity index is 1.57. The molecule has 2 N–H and O–H groups in total. The van der Waals surface area contributed by atoms with Crippen LogP contribution >= 0.6 is 0 Å². The standard InChI is InChI=1S/C25H40O5/c1-5-16(2)20(26)30-15-25(29)14-24-12-9-18-22(3,19(24)8-7-17(25)13-24)10-6-11-23(18,4)21(27)28/h16-19,29H,5-15H2,1-4H3,(H,27,28)/t16?,17-,18+,19+,22-,23-,24?,25+/m1/s1. The summed E-state index contributed by atoms with van der Waals surface area (Å²) in [5, 5.41) is 21.7. The Labute approximate surface area is 180 Å². The summed E-state index contributed by atoms with van der Waals surface area (Å²) in [4.78, 5) is 24.5. The predicted molar refractivity (Wildman–Crippen MR) is 114 cm³/mol. The molecule has 0 aliphatic heterocycles. The fourth-order valence-corrected chi connectivity index (χ4v) is 8.55. The van der Waals surface area contributed by atoms with Crippen LogP contribution < -0.4 is 0 Å². The Bertz CT molecular complexity index is 720. The number of rotatable bonds is 5. The molecule has 0 aromatic heterocycles.